The normalized spacial score (nSPS) is 21.1. The maximum absolute atomic E-state index is 12.4. The Bertz CT molecular complexity index is 999. The lowest BCUT2D eigenvalue weighted by Gasteiger charge is -2.39. The van der Waals surface area contributed by atoms with Crippen molar-refractivity contribution >= 4 is 29.0 Å². The molecule has 2 aliphatic heterocycles. The zero-order valence-corrected chi connectivity index (χ0v) is 20.8. The van der Waals surface area contributed by atoms with Crippen LogP contribution in [0, 0.1) is 0 Å². The molecule has 1 aromatic heterocycles. The molecule has 2 atom stereocenters. The van der Waals surface area contributed by atoms with Crippen LogP contribution < -0.4 is 10.2 Å². The number of piperidine rings is 1. The van der Waals surface area contributed by atoms with Crippen LogP contribution in [0.4, 0.5) is 10.5 Å². The molecule has 1 N–H and O–H groups in total. The molecule has 2 amide bonds. The van der Waals surface area contributed by atoms with Crippen LogP contribution in [-0.4, -0.2) is 47.1 Å². The van der Waals surface area contributed by atoms with Gasteiger partial charge in [0.15, 0.2) is 0 Å². The SMILES string of the molecule is CC(=O)N1c2ccc(-c3ncc(CN4CCCCC4)s3)cc2[C@H](NC(=O)OC(C)C)C[C@@H]1C. The minimum Gasteiger partial charge on any atom is -0.447 e. The van der Waals surface area contributed by atoms with Gasteiger partial charge in [-0.25, -0.2) is 9.78 Å². The molecule has 0 spiro atoms. The van der Waals surface area contributed by atoms with Crippen LogP contribution in [0.3, 0.4) is 0 Å². The molecule has 8 heteroatoms. The predicted molar refractivity (Wildman–Crippen MR) is 131 cm³/mol. The number of benzene rings is 1. The number of likely N-dealkylation sites (tertiary alicyclic amines) is 1. The molecule has 1 aromatic carbocycles. The Morgan fingerprint density at radius 1 is 1.24 bits per heavy atom. The summed E-state index contributed by atoms with van der Waals surface area (Å²) in [6.45, 7) is 10.5. The molecule has 3 heterocycles. The minimum absolute atomic E-state index is 0.00206. The van der Waals surface area contributed by atoms with E-state index < -0.39 is 6.09 Å². The number of hydrogen-bond donors (Lipinski definition) is 1. The molecule has 2 aliphatic rings. The van der Waals surface area contributed by atoms with E-state index >= 15 is 0 Å². The van der Waals surface area contributed by atoms with Crippen LogP contribution >= 0.6 is 11.3 Å². The van der Waals surface area contributed by atoms with E-state index in [-0.39, 0.29) is 24.1 Å². The fourth-order valence-corrected chi connectivity index (χ4v) is 5.81. The van der Waals surface area contributed by atoms with Crippen molar-refractivity contribution in [3.05, 3.63) is 34.8 Å². The number of nitrogens with zero attached hydrogens (tertiary/aromatic N) is 3. The molecule has 7 nitrogen and oxygen atoms in total. The predicted octanol–water partition coefficient (Wildman–Crippen LogP) is 5.12. The summed E-state index contributed by atoms with van der Waals surface area (Å²) in [5.41, 5.74) is 2.77. The average molecular weight is 471 g/mol. The topological polar surface area (TPSA) is 74.8 Å². The average Bonchev–Trinajstić information content (AvgIpc) is 3.22. The van der Waals surface area contributed by atoms with E-state index in [1.165, 1.54) is 24.1 Å². The van der Waals surface area contributed by atoms with Crippen molar-refractivity contribution in [2.75, 3.05) is 18.0 Å². The number of anilines is 1. The molecule has 1 fully saturated rings. The monoisotopic (exact) mass is 470 g/mol. The summed E-state index contributed by atoms with van der Waals surface area (Å²) in [5.74, 6) is -0.00206. The highest BCUT2D eigenvalue weighted by atomic mass is 32.1. The smallest absolute Gasteiger partial charge is 0.407 e. The number of nitrogens with one attached hydrogen (secondary N) is 1. The Balaban J connectivity index is 1.61. The molecule has 0 bridgehead atoms. The maximum Gasteiger partial charge on any atom is 0.407 e. The second-order valence-corrected chi connectivity index (χ2v) is 10.5. The van der Waals surface area contributed by atoms with Gasteiger partial charge in [-0.05, 0) is 76.9 Å². The first-order chi connectivity index (χ1) is 15.8. The van der Waals surface area contributed by atoms with Crippen LogP contribution in [0.15, 0.2) is 24.4 Å². The maximum atomic E-state index is 12.4. The van der Waals surface area contributed by atoms with Crippen molar-refractivity contribution < 1.29 is 14.3 Å². The van der Waals surface area contributed by atoms with Crippen LogP contribution in [-0.2, 0) is 16.1 Å². The highest BCUT2D eigenvalue weighted by Crippen LogP contribution is 2.40. The molecule has 33 heavy (non-hydrogen) atoms. The number of carbonyl (C=O) groups is 2. The van der Waals surface area contributed by atoms with Crippen molar-refractivity contribution in [3.63, 3.8) is 0 Å². The number of amides is 2. The quantitative estimate of drug-likeness (QED) is 0.657. The fourth-order valence-electron chi connectivity index (χ4n) is 4.86. The van der Waals surface area contributed by atoms with E-state index in [2.05, 4.69) is 16.3 Å². The number of alkyl carbamates (subject to hydrolysis) is 1. The van der Waals surface area contributed by atoms with Gasteiger partial charge in [-0.15, -0.1) is 11.3 Å². The lowest BCUT2D eigenvalue weighted by molar-refractivity contribution is -0.117. The molecule has 0 saturated carbocycles. The van der Waals surface area contributed by atoms with E-state index in [9.17, 15) is 9.59 Å². The number of ether oxygens (including phenoxy) is 1. The van der Waals surface area contributed by atoms with E-state index in [1.54, 1.807) is 18.3 Å². The summed E-state index contributed by atoms with van der Waals surface area (Å²) in [4.78, 5) is 35.0. The summed E-state index contributed by atoms with van der Waals surface area (Å²) >= 11 is 1.72. The second kappa shape index (κ2) is 10.2. The Morgan fingerprint density at radius 2 is 2.00 bits per heavy atom. The molecule has 1 saturated heterocycles. The Kier molecular flexibility index (Phi) is 7.34. The van der Waals surface area contributed by atoms with Crippen LogP contribution in [0.1, 0.15) is 69.9 Å². The summed E-state index contributed by atoms with van der Waals surface area (Å²) in [5, 5.41) is 3.97. The van der Waals surface area contributed by atoms with Crippen molar-refractivity contribution in [2.45, 2.75) is 78.1 Å². The third kappa shape index (κ3) is 5.55. The van der Waals surface area contributed by atoms with Gasteiger partial charge in [0.2, 0.25) is 5.91 Å². The van der Waals surface area contributed by atoms with Gasteiger partial charge in [0.1, 0.15) is 5.01 Å². The van der Waals surface area contributed by atoms with Crippen molar-refractivity contribution in [1.82, 2.24) is 15.2 Å². The third-order valence-electron chi connectivity index (χ3n) is 6.28. The molecular weight excluding hydrogens is 436 g/mol. The number of aromatic nitrogens is 1. The first kappa shape index (κ1) is 23.7. The van der Waals surface area contributed by atoms with Crippen molar-refractivity contribution in [2.24, 2.45) is 0 Å². The van der Waals surface area contributed by atoms with Crippen LogP contribution in [0.25, 0.3) is 10.6 Å². The molecule has 178 valence electrons. The van der Waals surface area contributed by atoms with E-state index in [0.717, 1.165) is 41.5 Å². The fraction of sp³-hybridized carbons (Fsp3) is 0.560. The first-order valence-corrected chi connectivity index (χ1v) is 12.7. The van der Waals surface area contributed by atoms with Gasteiger partial charge in [-0.2, -0.15) is 0 Å². The highest BCUT2D eigenvalue weighted by molar-refractivity contribution is 7.15. The van der Waals surface area contributed by atoms with Crippen LogP contribution in [0.2, 0.25) is 0 Å². The summed E-state index contributed by atoms with van der Waals surface area (Å²) in [6, 6.07) is 5.82. The third-order valence-corrected chi connectivity index (χ3v) is 7.31. The van der Waals surface area contributed by atoms with Crippen molar-refractivity contribution in [1.29, 1.82) is 0 Å². The number of rotatable bonds is 5. The van der Waals surface area contributed by atoms with E-state index in [1.807, 2.05) is 44.0 Å². The zero-order valence-electron chi connectivity index (χ0n) is 20.0. The van der Waals surface area contributed by atoms with E-state index in [0.29, 0.717) is 6.42 Å². The number of thiazole rings is 1. The number of carbonyl (C=O) groups excluding carboxylic acids is 2. The molecule has 0 aliphatic carbocycles. The molecule has 0 unspecified atom stereocenters. The van der Waals surface area contributed by atoms with Gasteiger partial charge >= 0.3 is 6.09 Å². The van der Waals surface area contributed by atoms with Gasteiger partial charge in [0.25, 0.3) is 0 Å². The second-order valence-electron chi connectivity index (χ2n) is 9.37. The Morgan fingerprint density at radius 3 is 2.70 bits per heavy atom. The standard InChI is InChI=1S/C25H34N4O3S/c1-16(2)32-25(31)27-22-12-17(3)29(18(4)30)23-9-8-19(13-21(22)23)24-26-14-20(33-24)15-28-10-6-5-7-11-28/h8-9,13-14,16-17,22H,5-7,10-12,15H2,1-4H3,(H,27,31)/t17-,22+/m0/s1. The molecular formula is C25H34N4O3S. The lowest BCUT2D eigenvalue weighted by atomic mass is 9.90. The molecule has 2 aromatic rings. The summed E-state index contributed by atoms with van der Waals surface area (Å²) in [6.07, 6.45) is 5.85. The molecule has 4 rings (SSSR count). The molecule has 0 radical (unpaired) electrons. The van der Waals surface area contributed by atoms with Gasteiger partial charge in [0, 0.05) is 41.8 Å². The van der Waals surface area contributed by atoms with Crippen LogP contribution in [0.5, 0.6) is 0 Å². The number of hydrogen-bond acceptors (Lipinski definition) is 6. The van der Waals surface area contributed by atoms with Gasteiger partial charge in [-0.3, -0.25) is 9.69 Å². The van der Waals surface area contributed by atoms with Crippen molar-refractivity contribution in [3.8, 4) is 10.6 Å². The van der Waals surface area contributed by atoms with Gasteiger partial charge in [-0.1, -0.05) is 6.42 Å². The minimum atomic E-state index is -0.437. The van der Waals surface area contributed by atoms with Gasteiger partial charge in [0.05, 0.1) is 12.1 Å². The van der Waals surface area contributed by atoms with E-state index in [4.69, 9.17) is 9.72 Å². The summed E-state index contributed by atoms with van der Waals surface area (Å²) in [7, 11) is 0. The summed E-state index contributed by atoms with van der Waals surface area (Å²) < 4.78 is 5.32. The largest absolute Gasteiger partial charge is 0.447 e. The van der Waals surface area contributed by atoms with Gasteiger partial charge < -0.3 is 15.0 Å². The lowest BCUT2D eigenvalue weighted by Crippen LogP contribution is -2.45. The Labute approximate surface area is 200 Å². The Hall–Kier alpha value is -2.45. The zero-order chi connectivity index (χ0) is 23.5. The number of fused-ring (bicyclic) bond motifs is 1. The highest BCUT2D eigenvalue weighted by Gasteiger charge is 2.34. The first-order valence-electron chi connectivity index (χ1n) is 11.9.